The van der Waals surface area contributed by atoms with Crippen molar-refractivity contribution < 1.29 is 18.7 Å². The van der Waals surface area contributed by atoms with Crippen LogP contribution in [0.15, 0.2) is 59.6 Å². The molecular formula is C30H31FN2O3S2. The van der Waals surface area contributed by atoms with Crippen molar-refractivity contribution in [2.75, 3.05) is 11.9 Å². The molecule has 0 bridgehead atoms. The van der Waals surface area contributed by atoms with Crippen LogP contribution in [-0.2, 0) is 28.9 Å². The molecule has 1 unspecified atom stereocenters. The molecule has 0 fully saturated rings. The van der Waals surface area contributed by atoms with Crippen LogP contribution in [0.5, 0.6) is 0 Å². The van der Waals surface area contributed by atoms with Crippen LogP contribution in [0, 0.1) is 5.82 Å². The van der Waals surface area contributed by atoms with Gasteiger partial charge in [0, 0.05) is 33.4 Å². The molecule has 38 heavy (non-hydrogen) atoms. The molecule has 8 heteroatoms. The molecule has 5 rings (SSSR count). The van der Waals surface area contributed by atoms with Crippen LogP contribution in [0.3, 0.4) is 0 Å². The summed E-state index contributed by atoms with van der Waals surface area (Å²) in [4.78, 5) is 28.4. The van der Waals surface area contributed by atoms with E-state index in [4.69, 9.17) is 4.74 Å². The zero-order chi connectivity index (χ0) is 26.6. The van der Waals surface area contributed by atoms with Gasteiger partial charge in [-0.1, -0.05) is 36.8 Å². The number of aromatic nitrogens is 1. The van der Waals surface area contributed by atoms with E-state index < -0.39 is 5.25 Å². The SMILES string of the molecule is CCOC(=O)c1c(NC(=O)C(C)Sc2cn(Cc3cccc(F)c3)c3ccccc23)sc2c1CCCCC2. The Balaban J connectivity index is 1.37. The number of aryl methyl sites for hydroxylation is 1. The van der Waals surface area contributed by atoms with Crippen LogP contribution < -0.4 is 5.32 Å². The predicted octanol–water partition coefficient (Wildman–Crippen LogP) is 7.46. The number of nitrogens with zero attached hydrogens (tertiary/aromatic N) is 1. The molecule has 198 valence electrons. The van der Waals surface area contributed by atoms with Gasteiger partial charge in [-0.15, -0.1) is 23.1 Å². The Kier molecular flexibility index (Phi) is 8.19. The van der Waals surface area contributed by atoms with E-state index in [1.54, 1.807) is 19.1 Å². The predicted molar refractivity (Wildman–Crippen MR) is 153 cm³/mol. The third-order valence-corrected chi connectivity index (χ3v) is 9.16. The Morgan fingerprint density at radius 2 is 1.95 bits per heavy atom. The van der Waals surface area contributed by atoms with Crippen LogP contribution in [-0.4, -0.2) is 28.3 Å². The van der Waals surface area contributed by atoms with Gasteiger partial charge in [-0.05, 0) is 68.9 Å². The highest BCUT2D eigenvalue weighted by molar-refractivity contribution is 8.00. The number of hydrogen-bond acceptors (Lipinski definition) is 5. The van der Waals surface area contributed by atoms with Gasteiger partial charge < -0.3 is 14.6 Å². The number of nitrogens with one attached hydrogen (secondary N) is 1. The molecule has 0 saturated carbocycles. The highest BCUT2D eigenvalue weighted by Gasteiger charge is 2.28. The van der Waals surface area contributed by atoms with Gasteiger partial charge in [-0.2, -0.15) is 0 Å². The van der Waals surface area contributed by atoms with Crippen molar-refractivity contribution in [3.63, 3.8) is 0 Å². The smallest absolute Gasteiger partial charge is 0.341 e. The first kappa shape index (κ1) is 26.5. The first-order chi connectivity index (χ1) is 18.4. The van der Waals surface area contributed by atoms with Crippen molar-refractivity contribution in [2.24, 2.45) is 0 Å². The van der Waals surface area contributed by atoms with Gasteiger partial charge >= 0.3 is 5.97 Å². The van der Waals surface area contributed by atoms with E-state index in [1.807, 2.05) is 43.5 Å². The summed E-state index contributed by atoms with van der Waals surface area (Å²) in [6.07, 6.45) is 7.07. The number of rotatable bonds is 8. The first-order valence-electron chi connectivity index (χ1n) is 13.1. The zero-order valence-corrected chi connectivity index (χ0v) is 23.2. The average molecular weight is 551 g/mol. The maximum atomic E-state index is 13.8. The number of anilines is 1. The molecule has 2 heterocycles. The van der Waals surface area contributed by atoms with E-state index in [0.717, 1.165) is 59.0 Å². The van der Waals surface area contributed by atoms with Crippen molar-refractivity contribution >= 4 is 50.9 Å². The highest BCUT2D eigenvalue weighted by atomic mass is 32.2. The summed E-state index contributed by atoms with van der Waals surface area (Å²) in [7, 11) is 0. The second-order valence-corrected chi connectivity index (χ2v) is 12.0. The lowest BCUT2D eigenvalue weighted by Gasteiger charge is -2.12. The minimum Gasteiger partial charge on any atom is -0.462 e. The molecule has 1 atom stereocenters. The molecule has 2 aromatic carbocycles. The molecule has 1 aliphatic carbocycles. The van der Waals surface area contributed by atoms with E-state index in [-0.39, 0.29) is 17.7 Å². The monoisotopic (exact) mass is 550 g/mol. The number of benzene rings is 2. The number of hydrogen-bond donors (Lipinski definition) is 1. The summed E-state index contributed by atoms with van der Waals surface area (Å²) < 4.78 is 21.2. The van der Waals surface area contributed by atoms with Crippen LogP contribution >= 0.6 is 23.1 Å². The second-order valence-electron chi connectivity index (χ2n) is 9.51. The lowest BCUT2D eigenvalue weighted by molar-refractivity contribution is -0.115. The molecule has 1 amide bonds. The third-order valence-electron chi connectivity index (χ3n) is 6.80. The van der Waals surface area contributed by atoms with Gasteiger partial charge in [-0.3, -0.25) is 4.79 Å². The van der Waals surface area contributed by atoms with Crippen LogP contribution in [0.4, 0.5) is 9.39 Å². The Labute approximate surface area is 230 Å². The van der Waals surface area contributed by atoms with Crippen molar-refractivity contribution in [2.45, 2.75) is 62.6 Å². The third kappa shape index (κ3) is 5.66. The molecule has 4 aromatic rings. The van der Waals surface area contributed by atoms with Crippen LogP contribution in [0.25, 0.3) is 10.9 Å². The van der Waals surface area contributed by atoms with E-state index in [0.29, 0.717) is 23.7 Å². The molecule has 5 nitrogen and oxygen atoms in total. The Bertz CT molecular complexity index is 1480. The molecule has 0 radical (unpaired) electrons. The number of esters is 1. The van der Waals surface area contributed by atoms with Crippen molar-refractivity contribution in [1.82, 2.24) is 4.57 Å². The van der Waals surface area contributed by atoms with Crippen LogP contribution in [0.1, 0.15) is 59.5 Å². The molecule has 2 aromatic heterocycles. The minimum absolute atomic E-state index is 0.154. The number of thiophene rings is 1. The quantitative estimate of drug-likeness (QED) is 0.141. The number of carbonyl (C=O) groups is 2. The summed E-state index contributed by atoms with van der Waals surface area (Å²) in [5, 5.41) is 4.30. The first-order valence-corrected chi connectivity index (χ1v) is 14.8. The van der Waals surface area contributed by atoms with E-state index >= 15 is 0 Å². The van der Waals surface area contributed by atoms with Gasteiger partial charge in [0.15, 0.2) is 0 Å². The topological polar surface area (TPSA) is 60.3 Å². The Morgan fingerprint density at radius 1 is 1.13 bits per heavy atom. The van der Waals surface area contributed by atoms with Crippen LogP contribution in [0.2, 0.25) is 0 Å². The fraction of sp³-hybridized carbons (Fsp3) is 0.333. The maximum Gasteiger partial charge on any atom is 0.341 e. The molecule has 0 saturated heterocycles. The van der Waals surface area contributed by atoms with Gasteiger partial charge in [0.25, 0.3) is 0 Å². The zero-order valence-electron chi connectivity index (χ0n) is 21.6. The van der Waals surface area contributed by atoms with Gasteiger partial charge in [0.1, 0.15) is 10.8 Å². The number of carbonyl (C=O) groups excluding carboxylic acids is 2. The summed E-state index contributed by atoms with van der Waals surface area (Å²) in [6.45, 7) is 4.50. The number of fused-ring (bicyclic) bond motifs is 2. The molecule has 0 spiro atoms. The Morgan fingerprint density at radius 3 is 2.76 bits per heavy atom. The fourth-order valence-electron chi connectivity index (χ4n) is 4.98. The standard InChI is InChI=1S/C30H31FN2O3S2/c1-3-36-30(35)27-23-13-5-4-6-15-25(23)38-29(27)32-28(34)19(2)37-26-18-33(24-14-8-7-12-22(24)26)17-20-10-9-11-21(31)16-20/h7-12,14,16,18-19H,3-6,13,15,17H2,1-2H3,(H,32,34). The van der Waals surface area contributed by atoms with E-state index in [1.165, 1.54) is 34.0 Å². The molecule has 0 aliphatic heterocycles. The average Bonchev–Trinajstić information content (AvgIpc) is 3.31. The number of amides is 1. The summed E-state index contributed by atoms with van der Waals surface area (Å²) in [5.41, 5.74) is 3.48. The normalized spacial score (nSPS) is 14.1. The highest BCUT2D eigenvalue weighted by Crippen LogP contribution is 2.39. The van der Waals surface area contributed by atoms with Gasteiger partial charge in [0.05, 0.1) is 17.4 Å². The number of para-hydroxylation sites is 1. The molecule has 1 N–H and O–H groups in total. The van der Waals surface area contributed by atoms with Crippen molar-refractivity contribution in [3.05, 3.63) is 82.1 Å². The van der Waals surface area contributed by atoms with E-state index in [9.17, 15) is 14.0 Å². The molecule has 1 aliphatic rings. The minimum atomic E-state index is -0.402. The van der Waals surface area contributed by atoms with Gasteiger partial charge in [-0.25, -0.2) is 9.18 Å². The second kappa shape index (κ2) is 11.7. The fourth-order valence-corrected chi connectivity index (χ4v) is 7.29. The lowest BCUT2D eigenvalue weighted by Crippen LogP contribution is -2.23. The maximum absolute atomic E-state index is 13.8. The lowest BCUT2D eigenvalue weighted by atomic mass is 10.1. The number of thioether (sulfide) groups is 1. The van der Waals surface area contributed by atoms with Crippen molar-refractivity contribution in [3.8, 4) is 0 Å². The van der Waals surface area contributed by atoms with E-state index in [2.05, 4.69) is 9.88 Å². The summed E-state index contributed by atoms with van der Waals surface area (Å²) >= 11 is 2.99. The summed E-state index contributed by atoms with van der Waals surface area (Å²) in [6, 6.07) is 14.6. The summed E-state index contributed by atoms with van der Waals surface area (Å²) in [5.74, 6) is -0.770. The number of halogens is 1. The van der Waals surface area contributed by atoms with Gasteiger partial charge in [0.2, 0.25) is 5.91 Å². The largest absolute Gasteiger partial charge is 0.462 e. The van der Waals surface area contributed by atoms with Crippen molar-refractivity contribution in [1.29, 1.82) is 0 Å². The molecular weight excluding hydrogens is 519 g/mol. The number of ether oxygens (including phenoxy) is 1. The Hall–Kier alpha value is -3.10.